The van der Waals surface area contributed by atoms with Gasteiger partial charge in [-0.1, -0.05) is 17.7 Å². The van der Waals surface area contributed by atoms with Gasteiger partial charge in [0.2, 0.25) is 0 Å². The molecule has 1 aromatic carbocycles. The monoisotopic (exact) mass is 269 g/mol. The highest BCUT2D eigenvalue weighted by molar-refractivity contribution is 6.69. The van der Waals surface area contributed by atoms with Gasteiger partial charge >= 0.3 is 0 Å². The second kappa shape index (κ2) is 5.54. The second-order valence-electron chi connectivity index (χ2n) is 4.60. The van der Waals surface area contributed by atoms with Crippen molar-refractivity contribution in [2.45, 2.75) is 25.7 Å². The van der Waals surface area contributed by atoms with Gasteiger partial charge in [-0.2, -0.15) is 5.26 Å². The summed E-state index contributed by atoms with van der Waals surface area (Å²) in [6.45, 7) is 6.09. The summed E-state index contributed by atoms with van der Waals surface area (Å²) in [7, 11) is -0.266. The summed E-state index contributed by atoms with van der Waals surface area (Å²) >= 11 is 6.11. The van der Waals surface area contributed by atoms with Gasteiger partial charge in [-0.25, -0.2) is 0 Å². The van der Waals surface area contributed by atoms with Gasteiger partial charge in [-0.15, -0.1) is 0 Å². The minimum Gasteiger partial charge on any atom is -0.496 e. The van der Waals surface area contributed by atoms with Gasteiger partial charge in [0, 0.05) is 0 Å². The van der Waals surface area contributed by atoms with Gasteiger partial charge in [0.1, 0.15) is 5.75 Å². The van der Waals surface area contributed by atoms with Gasteiger partial charge < -0.3 is 9.16 Å². The number of hydrogen-bond acceptors (Lipinski definition) is 3. The van der Waals surface area contributed by atoms with Crippen LogP contribution < -0.4 is 4.74 Å². The van der Waals surface area contributed by atoms with E-state index in [-0.39, 0.29) is 0 Å². The largest absolute Gasteiger partial charge is 0.496 e. The summed E-state index contributed by atoms with van der Waals surface area (Å²) in [5, 5.41) is 9.71. The Balaban J connectivity index is 3.17. The molecule has 0 aliphatic rings. The van der Waals surface area contributed by atoms with Gasteiger partial charge in [0.25, 0.3) is 0 Å². The Morgan fingerprint density at radius 3 is 2.47 bits per heavy atom. The number of methoxy groups -OCH3 is 1. The van der Waals surface area contributed by atoms with Crippen LogP contribution in [0.1, 0.15) is 11.7 Å². The zero-order chi connectivity index (χ0) is 13.1. The SMILES string of the molecule is COc1cccc(Cl)c1C(C#N)O[Si](C)(C)C. The Labute approximate surface area is 108 Å². The molecule has 1 atom stereocenters. The van der Waals surface area contributed by atoms with Gasteiger partial charge in [0.15, 0.2) is 14.4 Å². The summed E-state index contributed by atoms with van der Waals surface area (Å²) < 4.78 is 11.0. The third kappa shape index (κ3) is 3.74. The van der Waals surface area contributed by atoms with Crippen LogP contribution in [-0.4, -0.2) is 15.4 Å². The average molecular weight is 270 g/mol. The lowest BCUT2D eigenvalue weighted by atomic mass is 10.1. The fraction of sp³-hybridized carbons (Fsp3) is 0.417. The van der Waals surface area contributed by atoms with Gasteiger partial charge in [-0.3, -0.25) is 0 Å². The molecular weight excluding hydrogens is 254 g/mol. The molecule has 5 heteroatoms. The number of benzene rings is 1. The number of rotatable bonds is 4. The van der Waals surface area contributed by atoms with Crippen LogP contribution in [0.2, 0.25) is 24.7 Å². The van der Waals surface area contributed by atoms with E-state index in [1.54, 1.807) is 25.3 Å². The zero-order valence-corrected chi connectivity index (χ0v) is 12.2. The summed E-state index contributed by atoms with van der Waals surface area (Å²) in [5.74, 6) is 0.585. The molecular formula is C12H16ClNO2Si. The van der Waals surface area contributed by atoms with Crippen molar-refractivity contribution in [2.75, 3.05) is 7.11 Å². The third-order valence-electron chi connectivity index (χ3n) is 2.08. The normalized spacial score (nSPS) is 12.9. The fourth-order valence-electron chi connectivity index (χ4n) is 1.45. The van der Waals surface area contributed by atoms with Crippen molar-refractivity contribution < 1.29 is 9.16 Å². The van der Waals surface area contributed by atoms with Gasteiger partial charge in [-0.05, 0) is 31.8 Å². The van der Waals surface area contributed by atoms with Crippen LogP contribution in [0.15, 0.2) is 18.2 Å². The molecule has 92 valence electrons. The van der Waals surface area contributed by atoms with E-state index in [0.717, 1.165) is 0 Å². The van der Waals surface area contributed by atoms with E-state index in [0.29, 0.717) is 16.3 Å². The molecule has 1 aromatic rings. The Hall–Kier alpha value is -1.02. The third-order valence-corrected chi connectivity index (χ3v) is 3.36. The van der Waals surface area contributed by atoms with Crippen LogP contribution >= 0.6 is 11.6 Å². The average Bonchev–Trinajstić information content (AvgIpc) is 2.24. The van der Waals surface area contributed by atoms with E-state index in [2.05, 4.69) is 6.07 Å². The van der Waals surface area contributed by atoms with Crippen molar-refractivity contribution in [1.82, 2.24) is 0 Å². The molecule has 0 heterocycles. The van der Waals surface area contributed by atoms with E-state index in [9.17, 15) is 5.26 Å². The quantitative estimate of drug-likeness (QED) is 0.782. The van der Waals surface area contributed by atoms with Crippen LogP contribution in [0.25, 0.3) is 0 Å². The van der Waals surface area contributed by atoms with Crippen LogP contribution in [0.5, 0.6) is 5.75 Å². The van der Waals surface area contributed by atoms with Crippen molar-refractivity contribution in [3.63, 3.8) is 0 Å². The van der Waals surface area contributed by atoms with Crippen molar-refractivity contribution in [3.8, 4) is 11.8 Å². The molecule has 0 fully saturated rings. The Morgan fingerprint density at radius 2 is 2.00 bits per heavy atom. The molecule has 0 radical (unpaired) electrons. The van der Waals surface area contributed by atoms with Crippen LogP contribution in [0.3, 0.4) is 0 Å². The van der Waals surface area contributed by atoms with Crippen molar-refractivity contribution in [2.24, 2.45) is 0 Å². The number of halogens is 1. The highest BCUT2D eigenvalue weighted by Gasteiger charge is 2.26. The smallest absolute Gasteiger partial charge is 0.186 e. The molecule has 0 amide bonds. The minimum absolute atomic E-state index is 0.495. The Bertz CT molecular complexity index is 437. The summed E-state index contributed by atoms with van der Waals surface area (Å²) in [5.41, 5.74) is 0.613. The molecule has 0 aliphatic carbocycles. The van der Waals surface area contributed by atoms with E-state index >= 15 is 0 Å². The summed E-state index contributed by atoms with van der Waals surface area (Å²) in [4.78, 5) is 0. The maximum Gasteiger partial charge on any atom is 0.186 e. The topological polar surface area (TPSA) is 42.2 Å². The Kier molecular flexibility index (Phi) is 4.58. The maximum atomic E-state index is 9.22. The molecule has 17 heavy (non-hydrogen) atoms. The molecule has 0 saturated heterocycles. The van der Waals surface area contributed by atoms with Crippen LogP contribution in [0, 0.1) is 11.3 Å². The number of nitrogens with zero attached hydrogens (tertiary/aromatic N) is 1. The molecule has 0 aromatic heterocycles. The standard InChI is InChI=1S/C12H16ClNO2Si/c1-15-10-7-5-6-9(13)12(10)11(8-14)16-17(2,3)4/h5-7,11H,1-4H3. The molecule has 0 aliphatic heterocycles. The zero-order valence-electron chi connectivity index (χ0n) is 10.5. The number of hydrogen-bond donors (Lipinski definition) is 0. The molecule has 0 spiro atoms. The maximum absolute atomic E-state index is 9.22. The summed E-state index contributed by atoms with van der Waals surface area (Å²) in [6, 6.07) is 7.43. The lowest BCUT2D eigenvalue weighted by molar-refractivity contribution is 0.248. The first kappa shape index (κ1) is 14.0. The van der Waals surface area contributed by atoms with E-state index < -0.39 is 14.4 Å². The lowest BCUT2D eigenvalue weighted by Gasteiger charge is -2.23. The number of ether oxygens (including phenoxy) is 1. The molecule has 3 nitrogen and oxygen atoms in total. The van der Waals surface area contributed by atoms with E-state index in [4.69, 9.17) is 20.8 Å². The predicted molar refractivity (Wildman–Crippen MR) is 70.8 cm³/mol. The van der Waals surface area contributed by atoms with Crippen molar-refractivity contribution in [3.05, 3.63) is 28.8 Å². The second-order valence-corrected chi connectivity index (χ2v) is 9.46. The molecule has 0 bridgehead atoms. The molecule has 1 unspecified atom stereocenters. The van der Waals surface area contributed by atoms with E-state index in [1.165, 1.54) is 0 Å². The van der Waals surface area contributed by atoms with Crippen molar-refractivity contribution >= 4 is 19.9 Å². The Morgan fingerprint density at radius 1 is 1.35 bits per heavy atom. The predicted octanol–water partition coefficient (Wildman–Crippen LogP) is 3.76. The summed E-state index contributed by atoms with van der Waals surface area (Å²) in [6.07, 6.45) is -0.676. The fourth-order valence-corrected chi connectivity index (χ4v) is 2.60. The van der Waals surface area contributed by atoms with Crippen LogP contribution in [0.4, 0.5) is 0 Å². The number of nitriles is 1. The first-order valence-corrected chi connectivity index (χ1v) is 9.07. The highest BCUT2D eigenvalue weighted by Crippen LogP contribution is 2.35. The van der Waals surface area contributed by atoms with Gasteiger partial charge in [0.05, 0.1) is 23.8 Å². The molecule has 0 N–H and O–H groups in total. The molecule has 0 saturated carbocycles. The van der Waals surface area contributed by atoms with Crippen LogP contribution in [-0.2, 0) is 4.43 Å². The lowest BCUT2D eigenvalue weighted by Crippen LogP contribution is -2.27. The minimum atomic E-state index is -1.82. The van der Waals surface area contributed by atoms with Crippen molar-refractivity contribution in [1.29, 1.82) is 5.26 Å². The highest BCUT2D eigenvalue weighted by atomic mass is 35.5. The first-order valence-electron chi connectivity index (χ1n) is 5.29. The molecule has 1 rings (SSSR count). The first-order chi connectivity index (χ1) is 7.89. The van der Waals surface area contributed by atoms with E-state index in [1.807, 2.05) is 19.6 Å².